The van der Waals surface area contributed by atoms with Crippen LogP contribution in [0.5, 0.6) is 0 Å². The minimum Gasteiger partial charge on any atom is -0.395 e. The fourth-order valence-electron chi connectivity index (χ4n) is 1.42. The Morgan fingerprint density at radius 2 is 2.31 bits per heavy atom. The molecule has 1 amide bonds. The lowest BCUT2D eigenvalue weighted by Crippen LogP contribution is -2.33. The first-order valence-electron chi connectivity index (χ1n) is 5.09. The van der Waals surface area contributed by atoms with Crippen LogP contribution in [0.3, 0.4) is 0 Å². The van der Waals surface area contributed by atoms with Gasteiger partial charge < -0.3 is 13.5 Å². The van der Waals surface area contributed by atoms with Crippen molar-refractivity contribution in [3.05, 3.63) is 29.8 Å². The van der Waals surface area contributed by atoms with Gasteiger partial charge in [0.05, 0.1) is 29.5 Å². The van der Waals surface area contributed by atoms with Gasteiger partial charge in [-0.15, -0.1) is 0 Å². The van der Waals surface area contributed by atoms with Crippen LogP contribution in [0.2, 0.25) is 0 Å². The summed E-state index contributed by atoms with van der Waals surface area (Å²) in [5.74, 6) is -0.0509. The number of nitrogens with one attached hydrogen (secondary N) is 1. The zero-order valence-electron chi connectivity index (χ0n) is 9.11. The van der Waals surface area contributed by atoms with Crippen LogP contribution < -0.4 is 3.53 Å². The molecule has 0 saturated carbocycles. The van der Waals surface area contributed by atoms with E-state index < -0.39 is 0 Å². The molecule has 88 valence electrons. The van der Waals surface area contributed by atoms with Crippen molar-refractivity contribution in [3.63, 3.8) is 0 Å². The van der Waals surface area contributed by atoms with E-state index in [0.717, 1.165) is 5.69 Å². The van der Waals surface area contributed by atoms with Gasteiger partial charge in [0.2, 0.25) is 0 Å². The normalized spacial score (nSPS) is 9.94. The first kappa shape index (κ1) is 13.2. The second-order valence-electron chi connectivity index (χ2n) is 3.28. The molecule has 0 aromatic heterocycles. The van der Waals surface area contributed by atoms with E-state index in [0.29, 0.717) is 18.7 Å². The van der Waals surface area contributed by atoms with Gasteiger partial charge in [-0.3, -0.25) is 4.79 Å². The van der Waals surface area contributed by atoms with Crippen molar-refractivity contribution in [1.82, 2.24) is 4.90 Å². The highest BCUT2D eigenvalue weighted by molar-refractivity contribution is 14.1. The average Bonchev–Trinajstić information content (AvgIpc) is 2.35. The number of halogens is 1. The molecule has 0 atom stereocenters. The minimum absolute atomic E-state index is 0.0101. The summed E-state index contributed by atoms with van der Waals surface area (Å²) in [7, 11) is 0. The molecule has 1 rings (SSSR count). The second kappa shape index (κ2) is 6.70. The standard InChI is InChI=1S/C11H15IN2O2/c1-2-14(6-7-15)11(16)9-4-3-5-10(8-9)13-12/h3-5,8,13,15H,2,6-7H2,1H3. The number of aliphatic hydroxyl groups excluding tert-OH is 1. The SMILES string of the molecule is CCN(CCO)C(=O)c1cccc(NI)c1. The highest BCUT2D eigenvalue weighted by atomic mass is 127. The predicted molar refractivity (Wildman–Crippen MR) is 72.7 cm³/mol. The zero-order valence-corrected chi connectivity index (χ0v) is 11.3. The number of aliphatic hydroxyl groups is 1. The largest absolute Gasteiger partial charge is 0.395 e. The van der Waals surface area contributed by atoms with E-state index in [1.54, 1.807) is 17.0 Å². The maximum atomic E-state index is 12.0. The molecule has 0 aliphatic carbocycles. The van der Waals surface area contributed by atoms with Crippen LogP contribution in [-0.2, 0) is 0 Å². The highest BCUT2D eigenvalue weighted by Crippen LogP contribution is 2.14. The maximum Gasteiger partial charge on any atom is 0.253 e. The van der Waals surface area contributed by atoms with Gasteiger partial charge in [-0.1, -0.05) is 6.07 Å². The monoisotopic (exact) mass is 334 g/mol. The van der Waals surface area contributed by atoms with E-state index in [1.165, 1.54) is 0 Å². The third-order valence-electron chi connectivity index (χ3n) is 2.26. The predicted octanol–water partition coefficient (Wildman–Crippen LogP) is 1.90. The average molecular weight is 334 g/mol. The Morgan fingerprint density at radius 1 is 1.56 bits per heavy atom. The second-order valence-corrected chi connectivity index (χ2v) is 3.82. The van der Waals surface area contributed by atoms with Gasteiger partial charge >= 0.3 is 0 Å². The Balaban J connectivity index is 2.85. The summed E-state index contributed by atoms with van der Waals surface area (Å²) in [5.41, 5.74) is 1.53. The lowest BCUT2D eigenvalue weighted by atomic mass is 10.2. The topological polar surface area (TPSA) is 52.6 Å². The number of carbonyl (C=O) groups excluding carboxylic acids is 1. The lowest BCUT2D eigenvalue weighted by Gasteiger charge is -2.19. The summed E-state index contributed by atoms with van der Waals surface area (Å²) in [5, 5.41) is 8.86. The van der Waals surface area contributed by atoms with Gasteiger partial charge in [-0.2, -0.15) is 0 Å². The van der Waals surface area contributed by atoms with E-state index in [1.807, 2.05) is 41.9 Å². The number of benzene rings is 1. The number of hydrogen-bond acceptors (Lipinski definition) is 3. The fraction of sp³-hybridized carbons (Fsp3) is 0.364. The van der Waals surface area contributed by atoms with Crippen LogP contribution in [0, 0.1) is 0 Å². The first-order valence-corrected chi connectivity index (χ1v) is 6.17. The third-order valence-corrected chi connectivity index (χ3v) is 2.88. The minimum atomic E-state index is -0.0509. The Morgan fingerprint density at radius 3 is 2.88 bits per heavy atom. The smallest absolute Gasteiger partial charge is 0.253 e. The number of anilines is 1. The molecule has 0 aliphatic heterocycles. The van der Waals surface area contributed by atoms with Gasteiger partial charge in [0.25, 0.3) is 5.91 Å². The Bertz CT molecular complexity index is 358. The van der Waals surface area contributed by atoms with Crippen LogP contribution in [0.4, 0.5) is 5.69 Å². The van der Waals surface area contributed by atoms with Crippen molar-refractivity contribution in [2.24, 2.45) is 0 Å². The van der Waals surface area contributed by atoms with Crippen molar-refractivity contribution >= 4 is 34.5 Å². The molecule has 0 spiro atoms. The van der Waals surface area contributed by atoms with E-state index in [-0.39, 0.29) is 12.5 Å². The van der Waals surface area contributed by atoms with E-state index in [9.17, 15) is 4.79 Å². The lowest BCUT2D eigenvalue weighted by molar-refractivity contribution is 0.0732. The zero-order chi connectivity index (χ0) is 12.0. The van der Waals surface area contributed by atoms with Crippen LogP contribution in [-0.4, -0.2) is 35.6 Å². The molecule has 0 fully saturated rings. The number of likely N-dealkylation sites (N-methyl/N-ethyl adjacent to an activating group) is 1. The molecule has 0 saturated heterocycles. The summed E-state index contributed by atoms with van der Waals surface area (Å²) >= 11 is 2.02. The number of amides is 1. The van der Waals surface area contributed by atoms with E-state index in [2.05, 4.69) is 3.53 Å². The molecule has 1 aromatic carbocycles. The molecule has 5 heteroatoms. The fourth-order valence-corrected chi connectivity index (χ4v) is 1.75. The highest BCUT2D eigenvalue weighted by Gasteiger charge is 2.13. The number of nitrogens with zero attached hydrogens (tertiary/aromatic N) is 1. The summed E-state index contributed by atoms with van der Waals surface area (Å²) in [6.45, 7) is 2.86. The van der Waals surface area contributed by atoms with Crippen molar-refractivity contribution in [1.29, 1.82) is 0 Å². The molecule has 4 nitrogen and oxygen atoms in total. The quantitative estimate of drug-likeness (QED) is 0.639. The molecular weight excluding hydrogens is 319 g/mol. The van der Waals surface area contributed by atoms with E-state index in [4.69, 9.17) is 5.11 Å². The Labute approximate surface area is 109 Å². The Kier molecular flexibility index (Phi) is 5.54. The number of hydrogen-bond donors (Lipinski definition) is 2. The van der Waals surface area contributed by atoms with Crippen molar-refractivity contribution in [2.45, 2.75) is 6.92 Å². The van der Waals surface area contributed by atoms with Crippen LogP contribution in [0.15, 0.2) is 24.3 Å². The van der Waals surface area contributed by atoms with Crippen molar-refractivity contribution in [3.8, 4) is 0 Å². The van der Waals surface area contributed by atoms with Crippen LogP contribution in [0.25, 0.3) is 0 Å². The molecule has 0 bridgehead atoms. The molecule has 0 aliphatic rings. The van der Waals surface area contributed by atoms with Gasteiger partial charge in [-0.25, -0.2) is 0 Å². The number of rotatable bonds is 5. The van der Waals surface area contributed by atoms with Gasteiger partial charge in [0.15, 0.2) is 0 Å². The summed E-state index contributed by atoms with van der Waals surface area (Å²) < 4.78 is 2.96. The number of carbonyl (C=O) groups is 1. The van der Waals surface area contributed by atoms with Gasteiger partial charge in [0, 0.05) is 24.3 Å². The molecule has 1 aromatic rings. The first-order chi connectivity index (χ1) is 7.72. The summed E-state index contributed by atoms with van der Waals surface area (Å²) in [6.07, 6.45) is 0. The Hall–Kier alpha value is -0.820. The maximum absolute atomic E-state index is 12.0. The molecular formula is C11H15IN2O2. The van der Waals surface area contributed by atoms with E-state index >= 15 is 0 Å². The van der Waals surface area contributed by atoms with Crippen molar-refractivity contribution < 1.29 is 9.90 Å². The molecule has 2 N–H and O–H groups in total. The van der Waals surface area contributed by atoms with Crippen molar-refractivity contribution in [2.75, 3.05) is 23.2 Å². The van der Waals surface area contributed by atoms with Crippen LogP contribution >= 0.6 is 22.9 Å². The van der Waals surface area contributed by atoms with Crippen LogP contribution in [0.1, 0.15) is 17.3 Å². The molecule has 0 heterocycles. The summed E-state index contributed by atoms with van der Waals surface area (Å²) in [4.78, 5) is 13.6. The van der Waals surface area contributed by atoms with Gasteiger partial charge in [0.1, 0.15) is 0 Å². The molecule has 16 heavy (non-hydrogen) atoms. The van der Waals surface area contributed by atoms with Gasteiger partial charge in [-0.05, 0) is 25.1 Å². The summed E-state index contributed by atoms with van der Waals surface area (Å²) in [6, 6.07) is 7.31. The third kappa shape index (κ3) is 3.34. The molecule has 0 radical (unpaired) electrons. The molecule has 0 unspecified atom stereocenters.